The summed E-state index contributed by atoms with van der Waals surface area (Å²) >= 11 is 0. The van der Waals surface area contributed by atoms with Crippen molar-refractivity contribution < 1.29 is 0 Å². The summed E-state index contributed by atoms with van der Waals surface area (Å²) in [6.07, 6.45) is 5.20. The molecule has 1 heteroatoms. The van der Waals surface area contributed by atoms with Crippen LogP contribution in [0.3, 0.4) is 0 Å². The Kier molecular flexibility index (Phi) is 3.02. The van der Waals surface area contributed by atoms with Gasteiger partial charge in [0.2, 0.25) is 0 Å². The first-order valence-corrected chi connectivity index (χ1v) is 9.47. The van der Waals surface area contributed by atoms with E-state index in [0.717, 1.165) is 5.92 Å². The second-order valence-corrected chi connectivity index (χ2v) is 11.6. The summed E-state index contributed by atoms with van der Waals surface area (Å²) in [6.45, 7) is 22.3. The molecule has 3 fully saturated rings. The molecule has 4 unspecified atom stereocenters. The van der Waals surface area contributed by atoms with Crippen LogP contribution in [0.4, 0.5) is 0 Å². The number of hydrogen-bond donors (Lipinski definition) is 1. The zero-order valence-corrected chi connectivity index (χ0v) is 16.6. The van der Waals surface area contributed by atoms with Crippen LogP contribution in [0.2, 0.25) is 0 Å². The molecule has 3 rings (SSSR count). The van der Waals surface area contributed by atoms with Gasteiger partial charge in [0.15, 0.2) is 0 Å². The minimum absolute atomic E-state index is 0.0790. The number of hydrogen-bond acceptors (Lipinski definition) is 1. The molecule has 0 aromatic carbocycles. The highest BCUT2D eigenvalue weighted by Crippen LogP contribution is 2.87. The van der Waals surface area contributed by atoms with Gasteiger partial charge in [-0.25, -0.2) is 0 Å². The molecule has 0 aromatic heterocycles. The Bertz CT molecular complexity index is 498. The van der Waals surface area contributed by atoms with E-state index in [9.17, 15) is 0 Å². The molecule has 0 bridgehead atoms. The highest BCUT2D eigenvalue weighted by molar-refractivity contribution is 5.38. The highest BCUT2D eigenvalue weighted by Gasteiger charge is 2.86. The molecule has 3 saturated carbocycles. The van der Waals surface area contributed by atoms with Crippen LogP contribution in [-0.2, 0) is 0 Å². The van der Waals surface area contributed by atoms with E-state index >= 15 is 0 Å². The Morgan fingerprint density at radius 3 is 1.68 bits per heavy atom. The molecule has 2 N–H and O–H groups in total. The maximum atomic E-state index is 7.22. The largest absolute Gasteiger partial charge is 0.324 e. The van der Waals surface area contributed by atoms with Crippen molar-refractivity contribution in [2.24, 2.45) is 44.6 Å². The van der Waals surface area contributed by atoms with Gasteiger partial charge in [-0.15, -0.1) is 0 Å². The first-order chi connectivity index (χ1) is 9.69. The van der Waals surface area contributed by atoms with Crippen molar-refractivity contribution >= 4 is 0 Å². The molecule has 1 spiro atoms. The van der Waals surface area contributed by atoms with E-state index in [1.54, 1.807) is 0 Å². The molecule has 1 nitrogen and oxygen atoms in total. The predicted molar refractivity (Wildman–Crippen MR) is 95.6 cm³/mol. The summed E-state index contributed by atoms with van der Waals surface area (Å²) in [5.41, 5.74) is 9.28. The zero-order chi connectivity index (χ0) is 17.0. The normalized spacial score (nSPS) is 49.9. The monoisotopic (exact) mass is 305 g/mol. The fraction of sp³-hybridized carbons (Fsp3) is 1.00. The van der Waals surface area contributed by atoms with Crippen LogP contribution >= 0.6 is 0 Å². The van der Waals surface area contributed by atoms with Crippen LogP contribution < -0.4 is 5.73 Å². The molecule has 0 radical (unpaired) electrons. The van der Waals surface area contributed by atoms with Gasteiger partial charge in [-0.2, -0.15) is 0 Å². The summed E-state index contributed by atoms with van der Waals surface area (Å²) in [4.78, 5) is 0. The van der Waals surface area contributed by atoms with Crippen LogP contribution in [-0.4, -0.2) is 5.54 Å². The molecular formula is C21H39N. The molecule has 3 aliphatic rings. The maximum absolute atomic E-state index is 7.22. The van der Waals surface area contributed by atoms with Gasteiger partial charge in [-0.3, -0.25) is 0 Å². The third-order valence-corrected chi connectivity index (χ3v) is 9.09. The lowest BCUT2D eigenvalue weighted by Crippen LogP contribution is -2.60. The third kappa shape index (κ3) is 1.70. The van der Waals surface area contributed by atoms with Crippen molar-refractivity contribution in [3.8, 4) is 0 Å². The van der Waals surface area contributed by atoms with Gasteiger partial charge >= 0.3 is 0 Å². The summed E-state index contributed by atoms with van der Waals surface area (Å²) in [6, 6.07) is 0. The van der Waals surface area contributed by atoms with E-state index < -0.39 is 0 Å². The van der Waals surface area contributed by atoms with Gasteiger partial charge in [-0.05, 0) is 58.2 Å². The maximum Gasteiger partial charge on any atom is 0.0260 e. The third-order valence-electron chi connectivity index (χ3n) is 9.09. The second-order valence-electron chi connectivity index (χ2n) is 11.6. The number of nitrogens with two attached hydrogens (primary N) is 1. The fourth-order valence-corrected chi connectivity index (χ4v) is 7.33. The SMILES string of the molecule is CCC1C(C2(N)CC23CC3(C)C)C(C)(C)C(C)(C)CC1(C)C. The first-order valence-electron chi connectivity index (χ1n) is 9.47. The standard InChI is InChI=1S/C21H39N/c1-10-14-15(21(22)13-20(21)12-18(20,6)7)19(8,9)17(4,5)11-16(14,2)3/h14-15H,10-13,22H2,1-9H3. The minimum Gasteiger partial charge on any atom is -0.324 e. The molecule has 0 aliphatic heterocycles. The van der Waals surface area contributed by atoms with E-state index in [1.165, 1.54) is 25.7 Å². The van der Waals surface area contributed by atoms with E-state index in [4.69, 9.17) is 5.73 Å². The van der Waals surface area contributed by atoms with Crippen molar-refractivity contribution in [1.29, 1.82) is 0 Å². The molecule has 3 aliphatic carbocycles. The molecule has 22 heavy (non-hydrogen) atoms. The number of rotatable bonds is 2. The van der Waals surface area contributed by atoms with Crippen molar-refractivity contribution in [1.82, 2.24) is 0 Å². The summed E-state index contributed by atoms with van der Waals surface area (Å²) in [7, 11) is 0. The summed E-state index contributed by atoms with van der Waals surface area (Å²) < 4.78 is 0. The fourth-order valence-electron chi connectivity index (χ4n) is 7.33. The Morgan fingerprint density at radius 1 is 0.818 bits per heavy atom. The van der Waals surface area contributed by atoms with E-state index in [0.29, 0.717) is 33.0 Å². The lowest BCUT2D eigenvalue weighted by Gasteiger charge is -2.63. The summed E-state index contributed by atoms with van der Waals surface area (Å²) in [5.74, 6) is 1.39. The smallest absolute Gasteiger partial charge is 0.0260 e. The van der Waals surface area contributed by atoms with Gasteiger partial charge in [0, 0.05) is 5.54 Å². The Balaban J connectivity index is 2.07. The van der Waals surface area contributed by atoms with Crippen molar-refractivity contribution in [2.45, 2.75) is 93.5 Å². The van der Waals surface area contributed by atoms with Crippen molar-refractivity contribution in [3.63, 3.8) is 0 Å². The minimum atomic E-state index is 0.0790. The quantitative estimate of drug-likeness (QED) is 0.703. The topological polar surface area (TPSA) is 26.0 Å². The molecule has 0 amide bonds. The van der Waals surface area contributed by atoms with E-state index in [-0.39, 0.29) is 5.54 Å². The van der Waals surface area contributed by atoms with E-state index in [2.05, 4.69) is 62.3 Å². The van der Waals surface area contributed by atoms with Gasteiger partial charge in [0.05, 0.1) is 0 Å². The van der Waals surface area contributed by atoms with Gasteiger partial charge < -0.3 is 5.73 Å². The molecule has 4 atom stereocenters. The van der Waals surface area contributed by atoms with Gasteiger partial charge in [0.1, 0.15) is 0 Å². The molecule has 0 heterocycles. The van der Waals surface area contributed by atoms with Crippen LogP contribution in [0.5, 0.6) is 0 Å². The Morgan fingerprint density at radius 2 is 1.32 bits per heavy atom. The lowest BCUT2D eigenvalue weighted by atomic mass is 9.43. The Hall–Kier alpha value is -0.0400. The average molecular weight is 306 g/mol. The highest BCUT2D eigenvalue weighted by atomic mass is 15.0. The second kappa shape index (κ2) is 3.95. The lowest BCUT2D eigenvalue weighted by molar-refractivity contribution is -0.131. The van der Waals surface area contributed by atoms with Crippen LogP contribution in [0.15, 0.2) is 0 Å². The summed E-state index contributed by atoms with van der Waals surface area (Å²) in [5, 5.41) is 0. The van der Waals surface area contributed by atoms with Gasteiger partial charge in [0.25, 0.3) is 0 Å². The first kappa shape index (κ1) is 16.8. The van der Waals surface area contributed by atoms with Gasteiger partial charge in [-0.1, -0.05) is 68.7 Å². The molecule has 0 aromatic rings. The van der Waals surface area contributed by atoms with Crippen LogP contribution in [0.25, 0.3) is 0 Å². The molecule has 128 valence electrons. The molecule has 0 saturated heterocycles. The van der Waals surface area contributed by atoms with E-state index in [1.807, 2.05) is 0 Å². The van der Waals surface area contributed by atoms with Crippen LogP contribution in [0.1, 0.15) is 88.0 Å². The van der Waals surface area contributed by atoms with Crippen molar-refractivity contribution in [3.05, 3.63) is 0 Å². The average Bonchev–Trinajstić information content (AvgIpc) is 3.06. The predicted octanol–water partition coefficient (Wildman–Crippen LogP) is 5.63. The molecular weight excluding hydrogens is 266 g/mol. The Labute approximate surface area is 138 Å². The zero-order valence-electron chi connectivity index (χ0n) is 16.6. The van der Waals surface area contributed by atoms with Crippen molar-refractivity contribution in [2.75, 3.05) is 0 Å². The van der Waals surface area contributed by atoms with Crippen LogP contribution in [0, 0.1) is 38.9 Å².